The fraction of sp³-hybridized carbons (Fsp3) is 0.538. The molecule has 1 aliphatic carbocycles. The first-order chi connectivity index (χ1) is 8.44. The molecule has 5 heteroatoms. The number of hydrogen-bond donors (Lipinski definition) is 1. The molecule has 1 fully saturated rings. The van der Waals surface area contributed by atoms with Crippen molar-refractivity contribution in [2.24, 2.45) is 11.7 Å². The maximum Gasteiger partial charge on any atom is 0.573 e. The highest BCUT2D eigenvalue weighted by Gasteiger charge is 2.31. The van der Waals surface area contributed by atoms with E-state index in [1.165, 1.54) is 12.1 Å². The van der Waals surface area contributed by atoms with Crippen molar-refractivity contribution in [1.29, 1.82) is 0 Å². The van der Waals surface area contributed by atoms with E-state index in [9.17, 15) is 13.2 Å². The van der Waals surface area contributed by atoms with Gasteiger partial charge in [0.05, 0.1) is 0 Å². The summed E-state index contributed by atoms with van der Waals surface area (Å²) in [6, 6.07) is 6.27. The lowest BCUT2D eigenvalue weighted by molar-refractivity contribution is -0.274. The zero-order valence-corrected chi connectivity index (χ0v) is 9.91. The van der Waals surface area contributed by atoms with Crippen molar-refractivity contribution >= 4 is 0 Å². The van der Waals surface area contributed by atoms with Crippen LogP contribution in [0, 0.1) is 5.92 Å². The van der Waals surface area contributed by atoms with Gasteiger partial charge in [-0.15, -0.1) is 13.2 Å². The molecule has 0 aliphatic heterocycles. The molecule has 2 atom stereocenters. The molecular formula is C13H16F3NO. The van der Waals surface area contributed by atoms with Gasteiger partial charge in [-0.2, -0.15) is 0 Å². The SMILES string of the molecule is NC1CCCC1Cc1ccc(OC(F)(F)F)cc1. The van der Waals surface area contributed by atoms with Crippen LogP contribution in [0.25, 0.3) is 0 Å². The Hall–Kier alpha value is -1.23. The molecule has 0 aromatic heterocycles. The molecule has 0 spiro atoms. The summed E-state index contributed by atoms with van der Waals surface area (Å²) < 4.78 is 39.8. The Labute approximate surface area is 104 Å². The molecule has 18 heavy (non-hydrogen) atoms. The first kappa shape index (κ1) is 13.2. The van der Waals surface area contributed by atoms with Gasteiger partial charge in [-0.1, -0.05) is 18.6 Å². The van der Waals surface area contributed by atoms with Gasteiger partial charge in [0.15, 0.2) is 0 Å². The number of halogens is 3. The minimum absolute atomic E-state index is 0.179. The molecule has 1 aromatic carbocycles. The van der Waals surface area contributed by atoms with Crippen LogP contribution in [0.3, 0.4) is 0 Å². The summed E-state index contributed by atoms with van der Waals surface area (Å²) >= 11 is 0. The van der Waals surface area contributed by atoms with E-state index in [1.54, 1.807) is 12.1 Å². The Kier molecular flexibility index (Phi) is 3.80. The van der Waals surface area contributed by atoms with Gasteiger partial charge < -0.3 is 10.5 Å². The van der Waals surface area contributed by atoms with E-state index in [2.05, 4.69) is 4.74 Å². The zero-order valence-electron chi connectivity index (χ0n) is 9.91. The van der Waals surface area contributed by atoms with E-state index in [0.717, 1.165) is 31.2 Å². The number of hydrogen-bond acceptors (Lipinski definition) is 2. The van der Waals surface area contributed by atoms with Crippen molar-refractivity contribution in [1.82, 2.24) is 0 Å². The summed E-state index contributed by atoms with van der Waals surface area (Å²) in [6.45, 7) is 0. The quantitative estimate of drug-likeness (QED) is 0.904. The molecule has 2 rings (SSSR count). The van der Waals surface area contributed by atoms with Crippen LogP contribution >= 0.6 is 0 Å². The topological polar surface area (TPSA) is 35.2 Å². The molecule has 0 bridgehead atoms. The van der Waals surface area contributed by atoms with E-state index < -0.39 is 6.36 Å². The number of benzene rings is 1. The van der Waals surface area contributed by atoms with Gasteiger partial charge in [-0.05, 0) is 42.9 Å². The van der Waals surface area contributed by atoms with Gasteiger partial charge in [0, 0.05) is 6.04 Å². The van der Waals surface area contributed by atoms with E-state index in [1.807, 2.05) is 0 Å². The number of alkyl halides is 3. The zero-order chi connectivity index (χ0) is 13.2. The highest BCUT2D eigenvalue weighted by Crippen LogP contribution is 2.28. The second-order valence-electron chi connectivity index (χ2n) is 4.75. The van der Waals surface area contributed by atoms with Gasteiger partial charge in [0.25, 0.3) is 0 Å². The average Bonchev–Trinajstić information content (AvgIpc) is 2.65. The van der Waals surface area contributed by atoms with Crippen molar-refractivity contribution < 1.29 is 17.9 Å². The predicted molar refractivity (Wildman–Crippen MR) is 62.1 cm³/mol. The average molecular weight is 259 g/mol. The van der Waals surface area contributed by atoms with Crippen molar-refractivity contribution in [3.05, 3.63) is 29.8 Å². The Morgan fingerprint density at radius 2 is 1.83 bits per heavy atom. The maximum atomic E-state index is 12.0. The third-order valence-corrected chi connectivity index (χ3v) is 3.37. The molecule has 2 nitrogen and oxygen atoms in total. The van der Waals surface area contributed by atoms with Crippen molar-refractivity contribution in [2.75, 3.05) is 0 Å². The van der Waals surface area contributed by atoms with Gasteiger partial charge in [-0.25, -0.2) is 0 Å². The predicted octanol–water partition coefficient (Wildman–Crippen LogP) is 3.26. The van der Waals surface area contributed by atoms with Crippen LogP contribution in [-0.2, 0) is 6.42 Å². The molecule has 2 unspecified atom stereocenters. The fourth-order valence-corrected chi connectivity index (χ4v) is 2.45. The molecule has 1 aliphatic rings. The van der Waals surface area contributed by atoms with E-state index >= 15 is 0 Å². The Balaban J connectivity index is 1.95. The monoisotopic (exact) mass is 259 g/mol. The first-order valence-electron chi connectivity index (χ1n) is 6.04. The van der Waals surface area contributed by atoms with E-state index in [4.69, 9.17) is 5.73 Å². The molecule has 0 amide bonds. The third kappa shape index (κ3) is 3.63. The van der Waals surface area contributed by atoms with Crippen LogP contribution in [0.15, 0.2) is 24.3 Å². The molecule has 1 saturated carbocycles. The van der Waals surface area contributed by atoms with Crippen molar-refractivity contribution in [3.8, 4) is 5.75 Å². The Bertz CT molecular complexity index is 388. The largest absolute Gasteiger partial charge is 0.573 e. The molecule has 100 valence electrons. The molecule has 0 radical (unpaired) electrons. The summed E-state index contributed by atoms with van der Waals surface area (Å²) in [5.41, 5.74) is 6.97. The smallest absolute Gasteiger partial charge is 0.406 e. The second kappa shape index (κ2) is 5.18. The summed E-state index contributed by atoms with van der Waals surface area (Å²) in [7, 11) is 0. The fourth-order valence-electron chi connectivity index (χ4n) is 2.45. The number of rotatable bonds is 3. The van der Waals surface area contributed by atoms with Gasteiger partial charge in [0.2, 0.25) is 0 Å². The van der Waals surface area contributed by atoms with E-state index in [0.29, 0.717) is 5.92 Å². The molecule has 1 aromatic rings. The van der Waals surface area contributed by atoms with Gasteiger partial charge in [-0.3, -0.25) is 0 Å². The summed E-state index contributed by atoms with van der Waals surface area (Å²) in [5.74, 6) is 0.265. The lowest BCUT2D eigenvalue weighted by Crippen LogP contribution is -2.25. The van der Waals surface area contributed by atoms with Crippen LogP contribution in [0.1, 0.15) is 24.8 Å². The maximum absolute atomic E-state index is 12.0. The second-order valence-corrected chi connectivity index (χ2v) is 4.75. The van der Waals surface area contributed by atoms with Crippen molar-refractivity contribution in [3.63, 3.8) is 0 Å². The normalized spacial score (nSPS) is 24.2. The van der Waals surface area contributed by atoms with Crippen LogP contribution in [-0.4, -0.2) is 12.4 Å². The summed E-state index contributed by atoms with van der Waals surface area (Å²) in [6.07, 6.45) is -0.522. The molecule has 2 N–H and O–H groups in total. The van der Waals surface area contributed by atoms with Gasteiger partial charge in [0.1, 0.15) is 5.75 Å². The van der Waals surface area contributed by atoms with Crippen LogP contribution in [0.2, 0.25) is 0 Å². The minimum atomic E-state index is -4.63. The first-order valence-corrected chi connectivity index (χ1v) is 6.04. The number of nitrogens with two attached hydrogens (primary N) is 1. The van der Waals surface area contributed by atoms with Crippen LogP contribution < -0.4 is 10.5 Å². The highest BCUT2D eigenvalue weighted by atomic mass is 19.4. The van der Waals surface area contributed by atoms with E-state index in [-0.39, 0.29) is 11.8 Å². The van der Waals surface area contributed by atoms with Crippen LogP contribution in [0.5, 0.6) is 5.75 Å². The van der Waals surface area contributed by atoms with Crippen LogP contribution in [0.4, 0.5) is 13.2 Å². The van der Waals surface area contributed by atoms with Gasteiger partial charge >= 0.3 is 6.36 Å². The van der Waals surface area contributed by atoms with Crippen molar-refractivity contribution in [2.45, 2.75) is 38.1 Å². The number of ether oxygens (including phenoxy) is 1. The Morgan fingerprint density at radius 3 is 2.33 bits per heavy atom. The minimum Gasteiger partial charge on any atom is -0.406 e. The lowest BCUT2D eigenvalue weighted by Gasteiger charge is -2.15. The third-order valence-electron chi connectivity index (χ3n) is 3.37. The standard InChI is InChI=1S/C13H16F3NO/c14-13(15,16)18-11-6-4-9(5-7-11)8-10-2-1-3-12(10)17/h4-7,10,12H,1-3,8,17H2. The Morgan fingerprint density at radius 1 is 1.17 bits per heavy atom. The highest BCUT2D eigenvalue weighted by molar-refractivity contribution is 5.27. The molecule has 0 saturated heterocycles. The molecular weight excluding hydrogens is 243 g/mol. The summed E-state index contributed by atoms with van der Waals surface area (Å²) in [4.78, 5) is 0. The lowest BCUT2D eigenvalue weighted by atomic mass is 9.95. The summed E-state index contributed by atoms with van der Waals surface area (Å²) in [5, 5.41) is 0. The molecule has 0 heterocycles.